The minimum absolute atomic E-state index is 0.0395. The summed E-state index contributed by atoms with van der Waals surface area (Å²) < 4.78 is 18.9. The molecule has 0 aliphatic heterocycles. The van der Waals surface area contributed by atoms with Crippen LogP contribution in [0.5, 0.6) is 0 Å². The van der Waals surface area contributed by atoms with Crippen LogP contribution in [0.2, 0.25) is 5.02 Å². The minimum Gasteiger partial charge on any atom is -0.381 e. The van der Waals surface area contributed by atoms with Crippen molar-refractivity contribution in [3.05, 3.63) is 34.6 Å². The highest BCUT2D eigenvalue weighted by molar-refractivity contribution is 6.31. The molecule has 5 heteroatoms. The predicted molar refractivity (Wildman–Crippen MR) is 78.5 cm³/mol. The Labute approximate surface area is 124 Å². The molecule has 3 nitrogen and oxygen atoms in total. The van der Waals surface area contributed by atoms with E-state index in [1.165, 1.54) is 12.1 Å². The number of halogens is 2. The second kappa shape index (κ2) is 9.72. The normalized spacial score (nSPS) is 10.6. The molecule has 0 heterocycles. The van der Waals surface area contributed by atoms with E-state index in [1.807, 2.05) is 0 Å². The molecule has 1 N–H and O–H groups in total. The molecule has 20 heavy (non-hydrogen) atoms. The van der Waals surface area contributed by atoms with Crippen LogP contribution in [-0.2, 0) is 16.0 Å². The monoisotopic (exact) mass is 301 g/mol. The van der Waals surface area contributed by atoms with Gasteiger partial charge in [0.25, 0.3) is 0 Å². The zero-order valence-electron chi connectivity index (χ0n) is 11.8. The summed E-state index contributed by atoms with van der Waals surface area (Å²) in [5.41, 5.74) is 0.242. The molecule has 1 aromatic rings. The molecule has 0 aromatic heterocycles. The predicted octanol–water partition coefficient (Wildman–Crippen LogP) is 3.34. The molecule has 1 amide bonds. The van der Waals surface area contributed by atoms with Crippen LogP contribution >= 0.6 is 11.6 Å². The van der Waals surface area contributed by atoms with E-state index in [4.69, 9.17) is 16.3 Å². The van der Waals surface area contributed by atoms with E-state index < -0.39 is 5.82 Å². The number of hydrogen-bond acceptors (Lipinski definition) is 2. The van der Waals surface area contributed by atoms with E-state index >= 15 is 0 Å². The van der Waals surface area contributed by atoms with Crippen molar-refractivity contribution in [1.29, 1.82) is 0 Å². The molecule has 0 bridgehead atoms. The molecule has 0 atom stereocenters. The maximum Gasteiger partial charge on any atom is 0.224 e. The summed E-state index contributed by atoms with van der Waals surface area (Å²) in [4.78, 5) is 11.7. The van der Waals surface area contributed by atoms with E-state index in [9.17, 15) is 9.18 Å². The number of ether oxygens (including phenoxy) is 1. The minimum atomic E-state index is -0.449. The maximum atomic E-state index is 13.5. The lowest BCUT2D eigenvalue weighted by Crippen LogP contribution is -2.27. The van der Waals surface area contributed by atoms with Crippen molar-refractivity contribution in [1.82, 2.24) is 5.32 Å². The summed E-state index contributed by atoms with van der Waals surface area (Å²) >= 11 is 5.87. The number of benzene rings is 1. The summed E-state index contributed by atoms with van der Waals surface area (Å²) in [6.07, 6.45) is 2.88. The van der Waals surface area contributed by atoms with Crippen molar-refractivity contribution < 1.29 is 13.9 Å². The molecule has 0 fully saturated rings. The topological polar surface area (TPSA) is 38.3 Å². The third kappa shape index (κ3) is 6.35. The lowest BCUT2D eigenvalue weighted by atomic mass is 10.1. The van der Waals surface area contributed by atoms with E-state index in [0.717, 1.165) is 25.9 Å². The molecule has 1 rings (SSSR count). The Morgan fingerprint density at radius 2 is 2.10 bits per heavy atom. The Morgan fingerprint density at radius 1 is 1.35 bits per heavy atom. The van der Waals surface area contributed by atoms with Gasteiger partial charge in [0.1, 0.15) is 5.82 Å². The third-order valence-corrected chi connectivity index (χ3v) is 3.18. The Morgan fingerprint density at radius 3 is 2.80 bits per heavy atom. The standard InChI is InChI=1S/C15H21ClFNO2/c1-2-3-9-20-10-5-8-18-15(19)11-12-13(16)6-4-7-14(12)17/h4,6-7H,2-3,5,8-11H2,1H3,(H,18,19). The molecule has 1 aromatic carbocycles. The molecule has 112 valence electrons. The number of nitrogens with one attached hydrogen (secondary N) is 1. The number of rotatable bonds is 9. The summed E-state index contributed by atoms with van der Waals surface area (Å²) in [5.74, 6) is -0.680. The van der Waals surface area contributed by atoms with Crippen molar-refractivity contribution in [2.24, 2.45) is 0 Å². The van der Waals surface area contributed by atoms with Gasteiger partial charge in [0.15, 0.2) is 0 Å². The average molecular weight is 302 g/mol. The van der Waals surface area contributed by atoms with Gasteiger partial charge in [0, 0.05) is 30.3 Å². The lowest BCUT2D eigenvalue weighted by molar-refractivity contribution is -0.120. The molecular weight excluding hydrogens is 281 g/mol. The van der Waals surface area contributed by atoms with Gasteiger partial charge in [-0.1, -0.05) is 31.0 Å². The van der Waals surface area contributed by atoms with Crippen LogP contribution < -0.4 is 5.32 Å². The average Bonchev–Trinajstić information content (AvgIpc) is 2.42. The molecule has 0 saturated heterocycles. The second-order valence-corrected chi connectivity index (χ2v) is 4.95. The fourth-order valence-electron chi connectivity index (χ4n) is 1.67. The summed E-state index contributed by atoms with van der Waals surface area (Å²) in [6.45, 7) is 4.02. The molecule has 0 aliphatic carbocycles. The molecule has 0 spiro atoms. The summed E-state index contributed by atoms with van der Waals surface area (Å²) in [7, 11) is 0. The Balaban J connectivity index is 2.21. The van der Waals surface area contributed by atoms with Crippen molar-refractivity contribution >= 4 is 17.5 Å². The van der Waals surface area contributed by atoms with Crippen molar-refractivity contribution in [2.75, 3.05) is 19.8 Å². The highest BCUT2D eigenvalue weighted by Crippen LogP contribution is 2.19. The third-order valence-electron chi connectivity index (χ3n) is 2.83. The first-order chi connectivity index (χ1) is 9.65. The highest BCUT2D eigenvalue weighted by atomic mass is 35.5. The van der Waals surface area contributed by atoms with E-state index in [-0.39, 0.29) is 22.9 Å². The van der Waals surface area contributed by atoms with Gasteiger partial charge in [-0.3, -0.25) is 4.79 Å². The van der Waals surface area contributed by atoms with Crippen LogP contribution in [0.4, 0.5) is 4.39 Å². The fraction of sp³-hybridized carbons (Fsp3) is 0.533. The number of unbranched alkanes of at least 4 members (excludes halogenated alkanes) is 1. The molecular formula is C15H21ClFNO2. The first-order valence-corrected chi connectivity index (χ1v) is 7.30. The van der Waals surface area contributed by atoms with Gasteiger partial charge in [0.05, 0.1) is 6.42 Å². The summed E-state index contributed by atoms with van der Waals surface area (Å²) in [6, 6.07) is 4.40. The summed E-state index contributed by atoms with van der Waals surface area (Å²) in [5, 5.41) is 3.01. The highest BCUT2D eigenvalue weighted by Gasteiger charge is 2.11. The van der Waals surface area contributed by atoms with Gasteiger partial charge in [-0.25, -0.2) is 4.39 Å². The smallest absolute Gasteiger partial charge is 0.224 e. The largest absolute Gasteiger partial charge is 0.381 e. The van der Waals surface area contributed by atoms with Crippen LogP contribution in [0.1, 0.15) is 31.7 Å². The van der Waals surface area contributed by atoms with Crippen molar-refractivity contribution in [3.63, 3.8) is 0 Å². The quantitative estimate of drug-likeness (QED) is 0.710. The lowest BCUT2D eigenvalue weighted by Gasteiger charge is -2.08. The van der Waals surface area contributed by atoms with Crippen LogP contribution in [0.25, 0.3) is 0 Å². The SMILES string of the molecule is CCCCOCCCNC(=O)Cc1c(F)cccc1Cl. The van der Waals surface area contributed by atoms with E-state index in [2.05, 4.69) is 12.2 Å². The van der Waals surface area contributed by atoms with Gasteiger partial charge < -0.3 is 10.1 Å². The van der Waals surface area contributed by atoms with Gasteiger partial charge in [0.2, 0.25) is 5.91 Å². The molecule has 0 radical (unpaired) electrons. The van der Waals surface area contributed by atoms with Gasteiger partial charge in [-0.15, -0.1) is 0 Å². The Hall–Kier alpha value is -1.13. The first-order valence-electron chi connectivity index (χ1n) is 6.92. The number of carbonyl (C=O) groups is 1. The zero-order valence-corrected chi connectivity index (χ0v) is 12.5. The zero-order chi connectivity index (χ0) is 14.8. The maximum absolute atomic E-state index is 13.5. The second-order valence-electron chi connectivity index (χ2n) is 4.55. The van der Waals surface area contributed by atoms with Crippen molar-refractivity contribution in [2.45, 2.75) is 32.6 Å². The fourth-order valence-corrected chi connectivity index (χ4v) is 1.90. The van der Waals surface area contributed by atoms with E-state index in [0.29, 0.717) is 13.2 Å². The van der Waals surface area contributed by atoms with Gasteiger partial charge >= 0.3 is 0 Å². The van der Waals surface area contributed by atoms with E-state index in [1.54, 1.807) is 6.07 Å². The Bertz CT molecular complexity index is 406. The van der Waals surface area contributed by atoms with Crippen LogP contribution in [0, 0.1) is 5.82 Å². The van der Waals surface area contributed by atoms with Crippen LogP contribution in [0.15, 0.2) is 18.2 Å². The van der Waals surface area contributed by atoms with Crippen LogP contribution in [-0.4, -0.2) is 25.7 Å². The number of carbonyl (C=O) groups excluding carboxylic acids is 1. The first kappa shape index (κ1) is 16.9. The molecule has 0 aliphatic rings. The van der Waals surface area contributed by atoms with Gasteiger partial charge in [-0.2, -0.15) is 0 Å². The number of hydrogen-bond donors (Lipinski definition) is 1. The number of amides is 1. The van der Waals surface area contributed by atoms with Gasteiger partial charge in [-0.05, 0) is 25.0 Å². The van der Waals surface area contributed by atoms with Crippen molar-refractivity contribution in [3.8, 4) is 0 Å². The molecule has 0 saturated carbocycles. The van der Waals surface area contributed by atoms with Crippen LogP contribution in [0.3, 0.4) is 0 Å². The molecule has 0 unspecified atom stereocenters. The Kier molecular flexibility index (Phi) is 8.23.